The smallest absolute Gasteiger partial charge is 0.403 e. The molecule has 146 valence electrons. The zero-order valence-electron chi connectivity index (χ0n) is 16.4. The molecule has 0 amide bonds. The summed E-state index contributed by atoms with van der Waals surface area (Å²) in [7, 11) is 1.21. The number of aromatic nitrogens is 2. The van der Waals surface area contributed by atoms with Crippen molar-refractivity contribution in [3.05, 3.63) is 41.2 Å². The number of benzene rings is 1. The molecule has 2 heterocycles. The summed E-state index contributed by atoms with van der Waals surface area (Å²) >= 11 is 0. The van der Waals surface area contributed by atoms with Gasteiger partial charge in [0.2, 0.25) is 0 Å². The van der Waals surface area contributed by atoms with Gasteiger partial charge in [0.15, 0.2) is 5.69 Å². The van der Waals surface area contributed by atoms with Crippen molar-refractivity contribution in [3.63, 3.8) is 0 Å². The van der Waals surface area contributed by atoms with Crippen LogP contribution in [0.15, 0.2) is 24.4 Å². The number of imidazole rings is 1. The molecular weight excluding hydrogens is 356 g/mol. The Morgan fingerprint density at radius 2 is 1.70 bits per heavy atom. The number of alkyl halides is 3. The normalized spacial score (nSPS) is 18.9. The largest absolute Gasteiger partial charge is 0.462 e. The van der Waals surface area contributed by atoms with Crippen LogP contribution in [0.5, 0.6) is 0 Å². The van der Waals surface area contributed by atoms with E-state index in [2.05, 4.69) is 4.98 Å². The first-order chi connectivity index (χ1) is 12.3. The van der Waals surface area contributed by atoms with Gasteiger partial charge in [-0.2, -0.15) is 13.2 Å². The van der Waals surface area contributed by atoms with Crippen LogP contribution in [0.4, 0.5) is 13.2 Å². The summed E-state index contributed by atoms with van der Waals surface area (Å²) in [4.78, 5) is 3.77. The first kappa shape index (κ1) is 20.0. The van der Waals surface area contributed by atoms with Crippen molar-refractivity contribution in [1.29, 1.82) is 0 Å². The van der Waals surface area contributed by atoms with Crippen molar-refractivity contribution in [1.82, 2.24) is 9.55 Å². The van der Waals surface area contributed by atoms with Crippen LogP contribution in [0.2, 0.25) is 0 Å². The first-order valence-corrected chi connectivity index (χ1v) is 8.86. The molecule has 0 N–H and O–H groups in total. The van der Waals surface area contributed by atoms with Gasteiger partial charge in [-0.3, -0.25) is 0 Å². The minimum Gasteiger partial charge on any atom is -0.403 e. The van der Waals surface area contributed by atoms with E-state index in [1.165, 1.54) is 4.57 Å². The van der Waals surface area contributed by atoms with Gasteiger partial charge in [0, 0.05) is 25.1 Å². The number of hydrogen-bond donors (Lipinski definition) is 0. The molecular formula is C19H24BF3N2O2. The Hall–Kier alpha value is -1.80. The van der Waals surface area contributed by atoms with Gasteiger partial charge < -0.3 is 13.9 Å². The fourth-order valence-electron chi connectivity index (χ4n) is 3.20. The van der Waals surface area contributed by atoms with E-state index in [9.17, 15) is 13.2 Å². The lowest BCUT2D eigenvalue weighted by Crippen LogP contribution is -2.41. The molecule has 0 radical (unpaired) electrons. The fourth-order valence-corrected chi connectivity index (χ4v) is 3.20. The Morgan fingerprint density at radius 3 is 2.19 bits per heavy atom. The zero-order valence-corrected chi connectivity index (χ0v) is 16.4. The van der Waals surface area contributed by atoms with Crippen LogP contribution >= 0.6 is 0 Å². The molecule has 2 aromatic rings. The average Bonchev–Trinajstić information content (AvgIpc) is 2.96. The van der Waals surface area contributed by atoms with E-state index in [1.807, 2.05) is 46.8 Å². The van der Waals surface area contributed by atoms with Crippen LogP contribution in [-0.2, 0) is 28.9 Å². The Morgan fingerprint density at radius 1 is 1.11 bits per heavy atom. The molecule has 8 heteroatoms. The van der Waals surface area contributed by atoms with Gasteiger partial charge in [0.1, 0.15) is 5.82 Å². The maximum atomic E-state index is 12.9. The second-order valence-corrected chi connectivity index (χ2v) is 8.10. The molecule has 0 spiro atoms. The molecule has 0 saturated carbocycles. The summed E-state index contributed by atoms with van der Waals surface area (Å²) in [5.74, 6) is 0.294. The molecule has 1 aromatic heterocycles. The monoisotopic (exact) mass is 380 g/mol. The summed E-state index contributed by atoms with van der Waals surface area (Å²) in [6, 6.07) is 5.63. The van der Waals surface area contributed by atoms with Crippen molar-refractivity contribution in [2.24, 2.45) is 7.05 Å². The maximum Gasteiger partial charge on any atom is 0.462 e. The second kappa shape index (κ2) is 6.38. The second-order valence-electron chi connectivity index (χ2n) is 8.10. The Labute approximate surface area is 157 Å². The fraction of sp³-hybridized carbons (Fsp3) is 0.526. The van der Waals surface area contributed by atoms with Crippen molar-refractivity contribution in [3.8, 4) is 11.4 Å². The van der Waals surface area contributed by atoms with E-state index in [0.717, 1.165) is 17.3 Å². The van der Waals surface area contributed by atoms with Crippen molar-refractivity contribution in [2.75, 3.05) is 0 Å². The third kappa shape index (κ3) is 3.78. The maximum absolute atomic E-state index is 12.9. The molecule has 0 atom stereocenters. The number of halogens is 3. The number of rotatable bonds is 3. The van der Waals surface area contributed by atoms with Gasteiger partial charge in [-0.15, -0.1) is 0 Å². The molecule has 1 fully saturated rings. The van der Waals surface area contributed by atoms with Gasteiger partial charge in [0.05, 0.1) is 11.2 Å². The lowest BCUT2D eigenvalue weighted by molar-refractivity contribution is -0.140. The molecule has 1 aliphatic heterocycles. The summed E-state index contributed by atoms with van der Waals surface area (Å²) in [5.41, 5.74) is 0.846. The third-order valence-electron chi connectivity index (χ3n) is 5.40. The van der Waals surface area contributed by atoms with Gasteiger partial charge in [-0.05, 0) is 45.7 Å². The lowest BCUT2D eigenvalue weighted by Gasteiger charge is -2.32. The third-order valence-corrected chi connectivity index (χ3v) is 5.40. The summed E-state index contributed by atoms with van der Waals surface area (Å²) in [6.07, 6.45) is -2.88. The highest BCUT2D eigenvalue weighted by Crippen LogP contribution is 2.38. The highest BCUT2D eigenvalue weighted by Gasteiger charge is 2.50. The standard InChI is InChI=1S/C19H24BF3N2O2/c1-12-9-13(10-20-26-17(2,3)18(4,5)27-20)7-8-14(12)16-24-15(11-25(16)6)19(21,22)23/h7-9,11H,10H2,1-6H3. The van der Waals surface area contributed by atoms with Gasteiger partial charge in [-0.25, -0.2) is 4.98 Å². The summed E-state index contributed by atoms with van der Waals surface area (Å²) in [5, 5.41) is 0. The van der Waals surface area contributed by atoms with E-state index in [0.29, 0.717) is 17.7 Å². The van der Waals surface area contributed by atoms with E-state index < -0.39 is 23.1 Å². The van der Waals surface area contributed by atoms with Crippen LogP contribution in [0, 0.1) is 6.92 Å². The van der Waals surface area contributed by atoms with Crippen LogP contribution < -0.4 is 0 Å². The highest BCUT2D eigenvalue weighted by molar-refractivity contribution is 6.45. The summed E-state index contributed by atoms with van der Waals surface area (Å²) < 4.78 is 52.2. The van der Waals surface area contributed by atoms with Crippen molar-refractivity contribution < 1.29 is 22.5 Å². The van der Waals surface area contributed by atoms with Gasteiger partial charge in [-0.1, -0.05) is 18.2 Å². The Balaban J connectivity index is 1.82. The molecule has 1 aromatic carbocycles. The number of nitrogens with zero attached hydrogens (tertiary/aromatic N) is 2. The van der Waals surface area contributed by atoms with Crippen molar-refractivity contribution in [2.45, 2.75) is 58.3 Å². The highest BCUT2D eigenvalue weighted by atomic mass is 19.4. The molecule has 3 rings (SSSR count). The Kier molecular flexibility index (Phi) is 4.71. The molecule has 0 aliphatic carbocycles. The van der Waals surface area contributed by atoms with E-state index in [-0.39, 0.29) is 7.12 Å². The zero-order chi connectivity index (χ0) is 20.2. The predicted molar refractivity (Wildman–Crippen MR) is 98.2 cm³/mol. The van der Waals surface area contributed by atoms with Crippen LogP contribution in [-0.4, -0.2) is 27.9 Å². The summed E-state index contributed by atoms with van der Waals surface area (Å²) in [6.45, 7) is 9.87. The molecule has 0 unspecified atom stereocenters. The van der Waals surface area contributed by atoms with Gasteiger partial charge >= 0.3 is 13.3 Å². The van der Waals surface area contributed by atoms with Crippen LogP contribution in [0.25, 0.3) is 11.4 Å². The minimum absolute atomic E-state index is 0.294. The molecule has 4 nitrogen and oxygen atoms in total. The first-order valence-electron chi connectivity index (χ1n) is 8.86. The lowest BCUT2D eigenvalue weighted by atomic mass is 9.80. The molecule has 1 saturated heterocycles. The number of hydrogen-bond acceptors (Lipinski definition) is 3. The topological polar surface area (TPSA) is 36.3 Å². The molecule has 1 aliphatic rings. The van der Waals surface area contributed by atoms with E-state index >= 15 is 0 Å². The minimum atomic E-state index is -4.46. The Bertz CT molecular complexity index is 843. The molecule has 0 bridgehead atoms. The van der Waals surface area contributed by atoms with E-state index in [4.69, 9.17) is 9.31 Å². The average molecular weight is 380 g/mol. The molecule has 27 heavy (non-hydrogen) atoms. The van der Waals surface area contributed by atoms with Crippen molar-refractivity contribution >= 4 is 7.12 Å². The van der Waals surface area contributed by atoms with Gasteiger partial charge in [0.25, 0.3) is 0 Å². The quantitative estimate of drug-likeness (QED) is 0.731. The van der Waals surface area contributed by atoms with Crippen LogP contribution in [0.3, 0.4) is 0 Å². The van der Waals surface area contributed by atoms with Crippen LogP contribution in [0.1, 0.15) is 44.5 Å². The predicted octanol–water partition coefficient (Wildman–Crippen LogP) is 4.59. The van der Waals surface area contributed by atoms with E-state index in [1.54, 1.807) is 13.1 Å². The SMILES string of the molecule is Cc1cc(CB2OC(C)(C)C(C)(C)O2)ccc1-c1nc(C(F)(F)F)cn1C. The number of aryl methyl sites for hydroxylation is 2.